The smallest absolute Gasteiger partial charge is 0.217 e. The fraction of sp³-hybridized carbons (Fsp3) is 0.643. The zero-order valence-electron chi connectivity index (χ0n) is 11.1. The van der Waals surface area contributed by atoms with Crippen molar-refractivity contribution in [3.05, 3.63) is 23.9 Å². The van der Waals surface area contributed by atoms with Crippen LogP contribution >= 0.6 is 15.9 Å². The predicted octanol–water partition coefficient (Wildman–Crippen LogP) is 3.09. The molecule has 0 saturated carbocycles. The van der Waals surface area contributed by atoms with Crippen LogP contribution in [-0.4, -0.2) is 34.9 Å². The fourth-order valence-electron chi connectivity index (χ4n) is 2.54. The molecule has 1 aromatic rings. The molecule has 1 unspecified atom stereocenters. The van der Waals surface area contributed by atoms with E-state index >= 15 is 0 Å². The summed E-state index contributed by atoms with van der Waals surface area (Å²) in [5.41, 5.74) is 1.19. The molecule has 0 radical (unpaired) electrons. The molecule has 1 fully saturated rings. The van der Waals surface area contributed by atoms with Gasteiger partial charge in [-0.05, 0) is 37.9 Å². The summed E-state index contributed by atoms with van der Waals surface area (Å²) < 4.78 is 5.30. The molecule has 3 nitrogen and oxygen atoms in total. The highest BCUT2D eigenvalue weighted by atomic mass is 79.9. The molecule has 1 saturated heterocycles. The molecule has 0 aromatic carbocycles. The summed E-state index contributed by atoms with van der Waals surface area (Å²) in [6, 6.07) is 4.08. The Morgan fingerprint density at radius 3 is 2.83 bits per heavy atom. The molecule has 0 bridgehead atoms. The number of piperidine rings is 1. The number of halogens is 1. The highest BCUT2D eigenvalue weighted by molar-refractivity contribution is 9.09. The third-order valence-corrected chi connectivity index (χ3v) is 4.47. The highest BCUT2D eigenvalue weighted by Crippen LogP contribution is 2.26. The van der Waals surface area contributed by atoms with Crippen molar-refractivity contribution in [1.82, 2.24) is 9.88 Å². The first-order valence-electron chi connectivity index (χ1n) is 6.55. The maximum absolute atomic E-state index is 5.30. The quantitative estimate of drug-likeness (QED) is 0.799. The van der Waals surface area contributed by atoms with E-state index in [4.69, 9.17) is 4.74 Å². The number of pyridine rings is 1. The number of rotatable bonds is 4. The molecule has 1 aromatic heterocycles. The summed E-state index contributed by atoms with van der Waals surface area (Å²) in [7, 11) is 1.69. The summed E-state index contributed by atoms with van der Waals surface area (Å²) in [6.07, 6.45) is 4.32. The summed E-state index contributed by atoms with van der Waals surface area (Å²) in [5.74, 6) is 1.57. The van der Waals surface area contributed by atoms with Crippen LogP contribution in [0.25, 0.3) is 0 Å². The largest absolute Gasteiger partial charge is 0.481 e. The Morgan fingerprint density at radius 2 is 2.22 bits per heavy atom. The van der Waals surface area contributed by atoms with E-state index in [0.717, 1.165) is 18.3 Å². The molecular formula is C14H21BrN2O. The van der Waals surface area contributed by atoms with Crippen LogP contribution in [0.5, 0.6) is 5.88 Å². The summed E-state index contributed by atoms with van der Waals surface area (Å²) in [4.78, 5) is 7.37. The van der Waals surface area contributed by atoms with Crippen molar-refractivity contribution in [3.8, 4) is 5.88 Å². The Balaban J connectivity index is 1.91. The minimum Gasteiger partial charge on any atom is -0.481 e. The number of hydrogen-bond donors (Lipinski definition) is 0. The van der Waals surface area contributed by atoms with Crippen molar-refractivity contribution in [2.45, 2.75) is 31.1 Å². The molecule has 2 heterocycles. The first-order valence-corrected chi connectivity index (χ1v) is 7.46. The second-order valence-corrected chi connectivity index (χ2v) is 6.41. The van der Waals surface area contributed by atoms with Gasteiger partial charge in [0.15, 0.2) is 0 Å². The van der Waals surface area contributed by atoms with Crippen LogP contribution < -0.4 is 4.74 Å². The molecule has 100 valence electrons. The number of alkyl halides is 1. The first-order chi connectivity index (χ1) is 8.70. The van der Waals surface area contributed by atoms with E-state index < -0.39 is 0 Å². The molecule has 2 rings (SSSR count). The molecule has 18 heavy (non-hydrogen) atoms. The van der Waals surface area contributed by atoms with E-state index in [1.165, 1.54) is 31.5 Å². The zero-order chi connectivity index (χ0) is 13.0. The van der Waals surface area contributed by atoms with Crippen molar-refractivity contribution in [2.24, 2.45) is 5.92 Å². The normalized spacial score (nSPS) is 19.7. The average molecular weight is 313 g/mol. The van der Waals surface area contributed by atoms with Gasteiger partial charge in [-0.25, -0.2) is 4.98 Å². The van der Waals surface area contributed by atoms with E-state index in [1.54, 1.807) is 13.3 Å². The predicted molar refractivity (Wildman–Crippen MR) is 77.2 cm³/mol. The Morgan fingerprint density at radius 1 is 1.50 bits per heavy atom. The van der Waals surface area contributed by atoms with E-state index in [9.17, 15) is 0 Å². The van der Waals surface area contributed by atoms with Gasteiger partial charge in [0.05, 0.1) is 7.11 Å². The van der Waals surface area contributed by atoms with E-state index in [0.29, 0.717) is 4.83 Å². The third kappa shape index (κ3) is 3.45. The number of nitrogens with zero attached hydrogens (tertiary/aromatic N) is 2. The van der Waals surface area contributed by atoms with Gasteiger partial charge >= 0.3 is 0 Å². The molecular weight excluding hydrogens is 292 g/mol. The summed E-state index contributed by atoms with van der Waals surface area (Å²) >= 11 is 3.70. The van der Waals surface area contributed by atoms with Gasteiger partial charge in [0.25, 0.3) is 0 Å². The topological polar surface area (TPSA) is 25.4 Å². The van der Waals surface area contributed by atoms with Gasteiger partial charge in [0.2, 0.25) is 5.88 Å². The maximum Gasteiger partial charge on any atom is 0.217 e. The lowest BCUT2D eigenvalue weighted by Crippen LogP contribution is -2.35. The number of methoxy groups -OCH3 is 1. The van der Waals surface area contributed by atoms with Crippen LogP contribution in [-0.2, 0) is 6.54 Å². The van der Waals surface area contributed by atoms with Crippen molar-refractivity contribution in [1.29, 1.82) is 0 Å². The molecule has 0 N–H and O–H groups in total. The average Bonchev–Trinajstić information content (AvgIpc) is 2.40. The zero-order valence-corrected chi connectivity index (χ0v) is 12.7. The molecule has 1 aliphatic heterocycles. The lowest BCUT2D eigenvalue weighted by molar-refractivity contribution is 0.176. The van der Waals surface area contributed by atoms with E-state index in [-0.39, 0.29) is 0 Å². The molecule has 0 amide bonds. The SMILES string of the molecule is COc1ncccc1CN1CCC(C(C)Br)CC1. The van der Waals surface area contributed by atoms with Gasteiger partial charge in [0.1, 0.15) is 0 Å². The Kier molecular flexibility index (Phi) is 5.01. The molecule has 1 atom stereocenters. The third-order valence-electron chi connectivity index (χ3n) is 3.72. The van der Waals surface area contributed by atoms with Gasteiger partial charge in [-0.15, -0.1) is 0 Å². The van der Waals surface area contributed by atoms with Crippen LogP contribution in [0.3, 0.4) is 0 Å². The summed E-state index contributed by atoms with van der Waals surface area (Å²) in [6.45, 7) is 5.53. The van der Waals surface area contributed by atoms with Gasteiger partial charge in [-0.3, -0.25) is 4.90 Å². The fourth-order valence-corrected chi connectivity index (χ4v) is 3.07. The Labute approximate surface area is 118 Å². The standard InChI is InChI=1S/C14H21BrN2O/c1-11(15)12-5-8-17(9-6-12)10-13-4-3-7-16-14(13)18-2/h3-4,7,11-12H,5-6,8-10H2,1-2H3. The van der Waals surface area contributed by atoms with Crippen LogP contribution in [0.1, 0.15) is 25.3 Å². The first kappa shape index (κ1) is 13.8. The minimum absolute atomic E-state index is 0.632. The number of ether oxygens (including phenoxy) is 1. The van der Waals surface area contributed by atoms with Crippen molar-refractivity contribution < 1.29 is 4.74 Å². The maximum atomic E-state index is 5.30. The minimum atomic E-state index is 0.632. The van der Waals surface area contributed by atoms with Crippen molar-refractivity contribution in [3.63, 3.8) is 0 Å². The molecule has 1 aliphatic rings. The van der Waals surface area contributed by atoms with E-state index in [1.807, 2.05) is 6.07 Å². The van der Waals surface area contributed by atoms with Crippen LogP contribution in [0.15, 0.2) is 18.3 Å². The van der Waals surface area contributed by atoms with Crippen molar-refractivity contribution >= 4 is 15.9 Å². The number of hydrogen-bond acceptors (Lipinski definition) is 3. The molecule has 0 aliphatic carbocycles. The summed E-state index contributed by atoms with van der Waals surface area (Å²) in [5, 5.41) is 0. The monoisotopic (exact) mass is 312 g/mol. The van der Waals surface area contributed by atoms with E-state index in [2.05, 4.69) is 38.8 Å². The molecule has 4 heteroatoms. The second-order valence-electron chi connectivity index (χ2n) is 4.96. The number of likely N-dealkylation sites (tertiary alicyclic amines) is 1. The van der Waals surface area contributed by atoms with Gasteiger partial charge in [0, 0.05) is 23.1 Å². The van der Waals surface area contributed by atoms with Gasteiger partial charge in [-0.1, -0.05) is 28.9 Å². The van der Waals surface area contributed by atoms with Gasteiger partial charge in [-0.2, -0.15) is 0 Å². The van der Waals surface area contributed by atoms with Gasteiger partial charge < -0.3 is 4.74 Å². The van der Waals surface area contributed by atoms with Crippen LogP contribution in [0.2, 0.25) is 0 Å². The van der Waals surface area contributed by atoms with Crippen molar-refractivity contribution in [2.75, 3.05) is 20.2 Å². The van der Waals surface area contributed by atoms with Crippen LogP contribution in [0, 0.1) is 5.92 Å². The molecule has 0 spiro atoms. The lowest BCUT2D eigenvalue weighted by atomic mass is 9.94. The highest BCUT2D eigenvalue weighted by Gasteiger charge is 2.22. The Bertz CT molecular complexity index is 376. The lowest BCUT2D eigenvalue weighted by Gasteiger charge is -2.33. The second kappa shape index (κ2) is 6.53. The number of aromatic nitrogens is 1. The Hall–Kier alpha value is -0.610. The van der Waals surface area contributed by atoms with Crippen LogP contribution in [0.4, 0.5) is 0 Å².